The van der Waals surface area contributed by atoms with Crippen LogP contribution >= 0.6 is 0 Å². The van der Waals surface area contributed by atoms with E-state index >= 15 is 0 Å². The summed E-state index contributed by atoms with van der Waals surface area (Å²) >= 11 is 0. The first-order valence-corrected chi connectivity index (χ1v) is 8.00. The van der Waals surface area contributed by atoms with Crippen LogP contribution in [0.2, 0.25) is 0 Å². The van der Waals surface area contributed by atoms with Crippen molar-refractivity contribution in [2.24, 2.45) is 5.73 Å². The first-order valence-electron chi connectivity index (χ1n) is 8.00. The van der Waals surface area contributed by atoms with Crippen molar-refractivity contribution < 1.29 is 19.0 Å². The van der Waals surface area contributed by atoms with Crippen molar-refractivity contribution in [2.45, 2.75) is 13.1 Å². The topological polar surface area (TPSA) is 74.0 Å². The monoisotopic (exact) mass is 344 g/mol. The molecule has 2 amide bonds. The quantitative estimate of drug-likeness (QED) is 0.710. The van der Waals surface area contributed by atoms with Gasteiger partial charge in [0.1, 0.15) is 18.1 Å². The number of hydrogen-bond donors (Lipinski definition) is 1. The van der Waals surface area contributed by atoms with Crippen molar-refractivity contribution >= 4 is 6.03 Å². The average Bonchev–Trinajstić information content (AvgIpc) is 2.62. The minimum absolute atomic E-state index is 0.406. The second-order valence-corrected chi connectivity index (χ2v) is 5.53. The zero-order chi connectivity index (χ0) is 18.1. The van der Waals surface area contributed by atoms with Crippen LogP contribution in [-0.4, -0.2) is 38.4 Å². The fourth-order valence-electron chi connectivity index (χ4n) is 2.36. The number of primary amides is 1. The molecule has 0 aromatic heterocycles. The molecule has 6 heteroatoms. The third kappa shape index (κ3) is 6.00. The predicted octanol–water partition coefficient (Wildman–Crippen LogP) is 2.80. The number of amides is 2. The summed E-state index contributed by atoms with van der Waals surface area (Å²) in [5, 5.41) is 0. The van der Waals surface area contributed by atoms with Gasteiger partial charge in [-0.1, -0.05) is 24.3 Å². The molecule has 0 aliphatic carbocycles. The van der Waals surface area contributed by atoms with Crippen LogP contribution in [0.15, 0.2) is 48.5 Å². The predicted molar refractivity (Wildman–Crippen MR) is 95.6 cm³/mol. The number of hydrogen-bond acceptors (Lipinski definition) is 4. The molecule has 0 spiro atoms. The van der Waals surface area contributed by atoms with Crippen molar-refractivity contribution in [2.75, 3.05) is 27.4 Å². The van der Waals surface area contributed by atoms with Gasteiger partial charge in [0.2, 0.25) is 0 Å². The molecule has 0 heterocycles. The highest BCUT2D eigenvalue weighted by molar-refractivity contribution is 5.72. The number of urea groups is 1. The second kappa shape index (κ2) is 9.54. The smallest absolute Gasteiger partial charge is 0.315 e. The maximum absolute atomic E-state index is 11.8. The summed E-state index contributed by atoms with van der Waals surface area (Å²) in [6.07, 6.45) is 0. The van der Waals surface area contributed by atoms with Gasteiger partial charge in [-0.05, 0) is 35.4 Å². The SMILES string of the molecule is COCCOc1cccc(CN(Cc2ccc(OC)cc2)C(N)=O)c1. The summed E-state index contributed by atoms with van der Waals surface area (Å²) in [5.74, 6) is 1.51. The van der Waals surface area contributed by atoms with Crippen LogP contribution in [0, 0.1) is 0 Å². The molecule has 25 heavy (non-hydrogen) atoms. The number of ether oxygens (including phenoxy) is 3. The summed E-state index contributed by atoms with van der Waals surface area (Å²) in [7, 11) is 3.25. The Bertz CT molecular complexity index is 673. The van der Waals surface area contributed by atoms with Crippen LogP contribution in [0.25, 0.3) is 0 Å². The van der Waals surface area contributed by atoms with E-state index in [9.17, 15) is 4.79 Å². The maximum Gasteiger partial charge on any atom is 0.315 e. The van der Waals surface area contributed by atoms with Crippen molar-refractivity contribution in [1.82, 2.24) is 4.90 Å². The summed E-state index contributed by atoms with van der Waals surface area (Å²) in [5.41, 5.74) is 7.46. The Morgan fingerprint density at radius 3 is 2.32 bits per heavy atom. The van der Waals surface area contributed by atoms with Gasteiger partial charge in [-0.2, -0.15) is 0 Å². The summed E-state index contributed by atoms with van der Waals surface area (Å²) in [6, 6.07) is 14.7. The lowest BCUT2D eigenvalue weighted by Crippen LogP contribution is -2.34. The number of benzene rings is 2. The molecule has 0 bridgehead atoms. The van der Waals surface area contributed by atoms with Gasteiger partial charge in [-0.3, -0.25) is 0 Å². The van der Waals surface area contributed by atoms with Gasteiger partial charge in [0.15, 0.2) is 0 Å². The summed E-state index contributed by atoms with van der Waals surface area (Å²) < 4.78 is 15.7. The van der Waals surface area contributed by atoms with Crippen molar-refractivity contribution in [3.05, 3.63) is 59.7 Å². The van der Waals surface area contributed by atoms with Crippen LogP contribution in [0.3, 0.4) is 0 Å². The molecule has 0 unspecified atom stereocenters. The highest BCUT2D eigenvalue weighted by Gasteiger charge is 2.12. The van der Waals surface area contributed by atoms with Crippen LogP contribution in [0.5, 0.6) is 11.5 Å². The first kappa shape index (κ1) is 18.6. The lowest BCUT2D eigenvalue weighted by Gasteiger charge is -2.21. The van der Waals surface area contributed by atoms with E-state index in [-0.39, 0.29) is 0 Å². The number of methoxy groups -OCH3 is 2. The highest BCUT2D eigenvalue weighted by Crippen LogP contribution is 2.17. The Morgan fingerprint density at radius 2 is 1.68 bits per heavy atom. The Balaban J connectivity index is 2.02. The fraction of sp³-hybridized carbons (Fsp3) is 0.316. The van der Waals surface area contributed by atoms with Gasteiger partial charge >= 0.3 is 6.03 Å². The lowest BCUT2D eigenvalue weighted by molar-refractivity contribution is 0.146. The molecule has 0 radical (unpaired) electrons. The molecule has 2 N–H and O–H groups in total. The largest absolute Gasteiger partial charge is 0.497 e. The first-order chi connectivity index (χ1) is 12.1. The number of nitrogens with zero attached hydrogens (tertiary/aromatic N) is 1. The molecular weight excluding hydrogens is 320 g/mol. The Morgan fingerprint density at radius 1 is 0.960 bits per heavy atom. The third-order valence-corrected chi connectivity index (χ3v) is 3.67. The van der Waals surface area contributed by atoms with E-state index in [0.717, 1.165) is 22.6 Å². The van der Waals surface area contributed by atoms with E-state index in [4.69, 9.17) is 19.9 Å². The number of carbonyl (C=O) groups excluding carboxylic acids is 1. The molecule has 2 aromatic carbocycles. The van der Waals surface area contributed by atoms with E-state index in [1.807, 2.05) is 48.5 Å². The van der Waals surface area contributed by atoms with Crippen LogP contribution < -0.4 is 15.2 Å². The molecule has 0 saturated heterocycles. The minimum Gasteiger partial charge on any atom is -0.497 e. The van der Waals surface area contributed by atoms with Crippen LogP contribution in [0.1, 0.15) is 11.1 Å². The third-order valence-electron chi connectivity index (χ3n) is 3.67. The van der Waals surface area contributed by atoms with E-state index < -0.39 is 6.03 Å². The Hall–Kier alpha value is -2.73. The van der Waals surface area contributed by atoms with Crippen molar-refractivity contribution in [3.63, 3.8) is 0 Å². The number of rotatable bonds is 9. The highest BCUT2D eigenvalue weighted by atomic mass is 16.5. The molecule has 0 saturated carbocycles. The van der Waals surface area contributed by atoms with Crippen molar-refractivity contribution in [3.8, 4) is 11.5 Å². The van der Waals surface area contributed by atoms with Gasteiger partial charge < -0.3 is 24.8 Å². The zero-order valence-corrected chi connectivity index (χ0v) is 14.6. The molecule has 0 fully saturated rings. The van der Waals surface area contributed by atoms with E-state index in [1.165, 1.54) is 0 Å². The molecular formula is C19H24N2O4. The summed E-state index contributed by atoms with van der Waals surface area (Å²) in [4.78, 5) is 13.4. The van der Waals surface area contributed by atoms with Gasteiger partial charge in [-0.15, -0.1) is 0 Å². The van der Waals surface area contributed by atoms with Crippen LogP contribution in [0.4, 0.5) is 4.79 Å². The number of nitrogens with two attached hydrogens (primary N) is 1. The van der Waals surface area contributed by atoms with Gasteiger partial charge in [0.05, 0.1) is 13.7 Å². The molecule has 2 aromatic rings. The molecule has 6 nitrogen and oxygen atoms in total. The van der Waals surface area contributed by atoms with Gasteiger partial charge in [0, 0.05) is 20.2 Å². The van der Waals surface area contributed by atoms with Crippen molar-refractivity contribution in [1.29, 1.82) is 0 Å². The molecule has 2 rings (SSSR count). The molecule has 0 aliphatic heterocycles. The van der Waals surface area contributed by atoms with Gasteiger partial charge in [0.25, 0.3) is 0 Å². The normalized spacial score (nSPS) is 10.3. The van der Waals surface area contributed by atoms with E-state index in [0.29, 0.717) is 26.3 Å². The summed E-state index contributed by atoms with van der Waals surface area (Å²) in [6.45, 7) is 1.83. The zero-order valence-electron chi connectivity index (χ0n) is 14.6. The standard InChI is InChI=1S/C19H24N2O4/c1-23-10-11-25-18-5-3-4-16(12-18)14-21(19(20)22)13-15-6-8-17(24-2)9-7-15/h3-9,12H,10-11,13-14H2,1-2H3,(H2,20,22). The lowest BCUT2D eigenvalue weighted by atomic mass is 10.1. The Labute approximate surface area is 148 Å². The van der Waals surface area contributed by atoms with E-state index in [1.54, 1.807) is 19.1 Å². The molecule has 134 valence electrons. The fourth-order valence-corrected chi connectivity index (χ4v) is 2.36. The Kier molecular flexibility index (Phi) is 7.10. The molecule has 0 atom stereocenters. The number of carbonyl (C=O) groups is 1. The average molecular weight is 344 g/mol. The minimum atomic E-state index is -0.471. The van der Waals surface area contributed by atoms with E-state index in [2.05, 4.69) is 0 Å². The van der Waals surface area contributed by atoms with Gasteiger partial charge in [-0.25, -0.2) is 4.79 Å². The van der Waals surface area contributed by atoms with Crippen LogP contribution in [-0.2, 0) is 17.8 Å². The molecule has 0 aliphatic rings. The second-order valence-electron chi connectivity index (χ2n) is 5.53. The maximum atomic E-state index is 11.8.